The Balaban J connectivity index is 1.69. The van der Waals surface area contributed by atoms with Crippen LogP contribution in [-0.2, 0) is 0 Å². The van der Waals surface area contributed by atoms with Gasteiger partial charge in [0, 0.05) is 38.6 Å². The molecule has 1 saturated heterocycles. The molecule has 0 unspecified atom stereocenters. The van der Waals surface area contributed by atoms with E-state index >= 15 is 0 Å². The van der Waals surface area contributed by atoms with Gasteiger partial charge in [0.25, 0.3) is 11.8 Å². The van der Waals surface area contributed by atoms with Gasteiger partial charge in [-0.25, -0.2) is 9.97 Å². The minimum Gasteiger partial charge on any atom is -0.470 e. The number of nitrogens with zero attached hydrogens (tertiary/aromatic N) is 5. The number of amides is 1. The molecule has 0 radical (unpaired) electrons. The molecule has 0 N–H and O–H groups in total. The number of carbonyl (C=O) groups is 1. The fraction of sp³-hybridized carbons (Fsp3) is 0.368. The Kier molecular flexibility index (Phi) is 5.32. The molecule has 1 aliphatic heterocycles. The predicted octanol–water partition coefficient (Wildman–Crippen LogP) is 2.10. The van der Waals surface area contributed by atoms with Crippen LogP contribution >= 0.6 is 0 Å². The van der Waals surface area contributed by atoms with E-state index in [1.165, 1.54) is 0 Å². The molecule has 134 valence electrons. The van der Waals surface area contributed by atoms with Crippen LogP contribution in [0.5, 0.6) is 5.88 Å². The Morgan fingerprint density at radius 2 is 2.00 bits per heavy atom. The minimum absolute atomic E-state index is 0.0465. The standard InChI is InChI=1S/C19H21N5O2/c1-23(2)17-18(22-10-9-21-17)26-16-4-3-11-24(13-16)19(25)15-7-5-14(12-20)6-8-15/h5-10,16H,3-4,11,13H2,1-2H3/t16-/m1/s1. The fourth-order valence-electron chi connectivity index (χ4n) is 2.95. The summed E-state index contributed by atoms with van der Waals surface area (Å²) < 4.78 is 6.05. The molecule has 1 fully saturated rings. The van der Waals surface area contributed by atoms with E-state index in [1.807, 2.05) is 19.0 Å². The molecule has 1 aromatic carbocycles. The van der Waals surface area contributed by atoms with Crippen LogP contribution in [-0.4, -0.2) is 54.1 Å². The van der Waals surface area contributed by atoms with Crippen LogP contribution in [0.4, 0.5) is 5.82 Å². The summed E-state index contributed by atoms with van der Waals surface area (Å²) in [6.45, 7) is 1.20. The van der Waals surface area contributed by atoms with Crippen LogP contribution in [0.25, 0.3) is 0 Å². The zero-order valence-corrected chi connectivity index (χ0v) is 14.9. The number of piperidine rings is 1. The van der Waals surface area contributed by atoms with Gasteiger partial charge in [-0.15, -0.1) is 0 Å². The number of rotatable bonds is 4. The molecule has 1 aromatic heterocycles. The summed E-state index contributed by atoms with van der Waals surface area (Å²) in [5.41, 5.74) is 1.12. The number of hydrogen-bond donors (Lipinski definition) is 0. The number of anilines is 1. The Labute approximate surface area is 152 Å². The molecule has 1 aliphatic rings. The average Bonchev–Trinajstić information content (AvgIpc) is 2.68. The van der Waals surface area contributed by atoms with E-state index in [1.54, 1.807) is 41.6 Å². The van der Waals surface area contributed by atoms with Gasteiger partial charge in [-0.05, 0) is 37.1 Å². The van der Waals surface area contributed by atoms with Gasteiger partial charge in [-0.3, -0.25) is 4.79 Å². The molecule has 2 heterocycles. The monoisotopic (exact) mass is 351 g/mol. The first-order valence-electron chi connectivity index (χ1n) is 8.53. The maximum Gasteiger partial charge on any atom is 0.257 e. The van der Waals surface area contributed by atoms with Crippen molar-refractivity contribution in [3.05, 3.63) is 47.8 Å². The highest BCUT2D eigenvalue weighted by Gasteiger charge is 2.27. The SMILES string of the molecule is CN(C)c1nccnc1O[C@@H]1CCCN(C(=O)c2ccc(C#N)cc2)C1. The second-order valence-corrected chi connectivity index (χ2v) is 6.40. The molecular formula is C19H21N5O2. The van der Waals surface area contributed by atoms with Gasteiger partial charge < -0.3 is 14.5 Å². The summed E-state index contributed by atoms with van der Waals surface area (Å²) in [5, 5.41) is 8.88. The summed E-state index contributed by atoms with van der Waals surface area (Å²) in [6.07, 6.45) is 4.83. The van der Waals surface area contributed by atoms with Crippen LogP contribution in [0.15, 0.2) is 36.7 Å². The van der Waals surface area contributed by atoms with Crippen molar-refractivity contribution in [3.63, 3.8) is 0 Å². The molecule has 1 atom stereocenters. The number of hydrogen-bond acceptors (Lipinski definition) is 6. The van der Waals surface area contributed by atoms with Crippen molar-refractivity contribution in [2.24, 2.45) is 0 Å². The van der Waals surface area contributed by atoms with E-state index in [0.717, 1.165) is 12.8 Å². The van der Waals surface area contributed by atoms with Crippen molar-refractivity contribution in [3.8, 4) is 11.9 Å². The van der Waals surface area contributed by atoms with Crippen molar-refractivity contribution in [1.82, 2.24) is 14.9 Å². The van der Waals surface area contributed by atoms with Crippen LogP contribution in [0.1, 0.15) is 28.8 Å². The van der Waals surface area contributed by atoms with E-state index < -0.39 is 0 Å². The third-order valence-corrected chi connectivity index (χ3v) is 4.27. The Morgan fingerprint density at radius 3 is 2.69 bits per heavy atom. The van der Waals surface area contributed by atoms with Crippen molar-refractivity contribution in [2.75, 3.05) is 32.1 Å². The molecule has 0 saturated carbocycles. The van der Waals surface area contributed by atoms with Gasteiger partial charge >= 0.3 is 0 Å². The number of benzene rings is 1. The van der Waals surface area contributed by atoms with Gasteiger partial charge in [0.15, 0.2) is 5.82 Å². The lowest BCUT2D eigenvalue weighted by Gasteiger charge is -2.33. The molecule has 7 nitrogen and oxygen atoms in total. The summed E-state index contributed by atoms with van der Waals surface area (Å²) in [7, 11) is 3.77. The Bertz CT molecular complexity index is 813. The van der Waals surface area contributed by atoms with Gasteiger partial charge in [0.2, 0.25) is 0 Å². The molecule has 3 rings (SSSR count). The Morgan fingerprint density at radius 1 is 1.27 bits per heavy atom. The summed E-state index contributed by atoms with van der Waals surface area (Å²) in [6, 6.07) is 8.77. The van der Waals surface area contributed by atoms with Crippen molar-refractivity contribution < 1.29 is 9.53 Å². The number of carbonyl (C=O) groups excluding carboxylic acids is 1. The largest absolute Gasteiger partial charge is 0.470 e. The second-order valence-electron chi connectivity index (χ2n) is 6.40. The van der Waals surface area contributed by atoms with Crippen molar-refractivity contribution >= 4 is 11.7 Å². The maximum absolute atomic E-state index is 12.7. The molecular weight excluding hydrogens is 330 g/mol. The van der Waals surface area contributed by atoms with E-state index in [0.29, 0.717) is 35.9 Å². The highest BCUT2D eigenvalue weighted by Crippen LogP contribution is 2.24. The minimum atomic E-state index is -0.124. The first-order chi connectivity index (χ1) is 12.6. The smallest absolute Gasteiger partial charge is 0.257 e. The maximum atomic E-state index is 12.7. The average molecular weight is 351 g/mol. The topological polar surface area (TPSA) is 82.3 Å². The van der Waals surface area contributed by atoms with E-state index in [9.17, 15) is 4.79 Å². The van der Waals surface area contributed by atoms with E-state index in [-0.39, 0.29) is 12.0 Å². The van der Waals surface area contributed by atoms with Crippen molar-refractivity contribution in [1.29, 1.82) is 5.26 Å². The summed E-state index contributed by atoms with van der Waals surface area (Å²) in [5.74, 6) is 1.10. The molecule has 0 bridgehead atoms. The zero-order valence-electron chi connectivity index (χ0n) is 14.9. The third kappa shape index (κ3) is 3.91. The number of aromatic nitrogens is 2. The molecule has 1 amide bonds. The second kappa shape index (κ2) is 7.83. The lowest BCUT2D eigenvalue weighted by atomic mass is 10.1. The quantitative estimate of drug-likeness (QED) is 0.839. The van der Waals surface area contributed by atoms with Crippen LogP contribution in [0.3, 0.4) is 0 Å². The highest BCUT2D eigenvalue weighted by molar-refractivity contribution is 5.94. The van der Waals surface area contributed by atoms with Gasteiger partial charge in [0.05, 0.1) is 18.2 Å². The van der Waals surface area contributed by atoms with Crippen LogP contribution in [0.2, 0.25) is 0 Å². The molecule has 7 heteroatoms. The molecule has 0 spiro atoms. The first kappa shape index (κ1) is 17.7. The van der Waals surface area contributed by atoms with Gasteiger partial charge in [0.1, 0.15) is 6.10 Å². The summed E-state index contributed by atoms with van der Waals surface area (Å²) in [4.78, 5) is 24.9. The summed E-state index contributed by atoms with van der Waals surface area (Å²) >= 11 is 0. The lowest BCUT2D eigenvalue weighted by Crippen LogP contribution is -2.44. The Hall–Kier alpha value is -3.14. The van der Waals surface area contributed by atoms with Crippen molar-refractivity contribution in [2.45, 2.75) is 18.9 Å². The molecule has 0 aliphatic carbocycles. The predicted molar refractivity (Wildman–Crippen MR) is 97.1 cm³/mol. The third-order valence-electron chi connectivity index (χ3n) is 4.27. The molecule has 26 heavy (non-hydrogen) atoms. The van der Waals surface area contributed by atoms with Crippen LogP contribution in [0, 0.1) is 11.3 Å². The van der Waals surface area contributed by atoms with E-state index in [2.05, 4.69) is 16.0 Å². The zero-order chi connectivity index (χ0) is 18.5. The van der Waals surface area contributed by atoms with Crippen LogP contribution < -0.4 is 9.64 Å². The molecule has 2 aromatic rings. The van der Waals surface area contributed by atoms with Gasteiger partial charge in [-0.1, -0.05) is 0 Å². The number of ether oxygens (including phenoxy) is 1. The lowest BCUT2D eigenvalue weighted by molar-refractivity contribution is 0.0528. The first-order valence-corrected chi connectivity index (χ1v) is 8.53. The van der Waals surface area contributed by atoms with Gasteiger partial charge in [-0.2, -0.15) is 5.26 Å². The van der Waals surface area contributed by atoms with E-state index in [4.69, 9.17) is 10.00 Å². The normalized spacial score (nSPS) is 16.7. The number of nitriles is 1. The highest BCUT2D eigenvalue weighted by atomic mass is 16.5. The fourth-order valence-corrected chi connectivity index (χ4v) is 2.95. The number of likely N-dealkylation sites (tertiary alicyclic amines) is 1.